The molecule has 1 amide bonds. The minimum atomic E-state index is -0.204. The van der Waals surface area contributed by atoms with Gasteiger partial charge in [-0.3, -0.25) is 4.79 Å². The Balaban J connectivity index is 2.42. The molecule has 0 aromatic heterocycles. The molecule has 1 fully saturated rings. The summed E-state index contributed by atoms with van der Waals surface area (Å²) in [4.78, 5) is 14.0. The second kappa shape index (κ2) is 5.90. The molecule has 3 N–H and O–H groups in total. The fourth-order valence-electron chi connectivity index (χ4n) is 2.54. The van der Waals surface area contributed by atoms with E-state index in [1.807, 2.05) is 17.9 Å². The first-order chi connectivity index (χ1) is 9.62. The Labute approximate surface area is 118 Å². The topological polar surface area (TPSA) is 76.8 Å². The fourth-order valence-corrected chi connectivity index (χ4v) is 2.54. The van der Waals surface area contributed by atoms with Crippen molar-refractivity contribution in [3.05, 3.63) is 12.1 Å². The molecule has 1 heterocycles. The highest BCUT2D eigenvalue weighted by atomic mass is 16.5. The first-order valence-corrected chi connectivity index (χ1v) is 6.68. The van der Waals surface area contributed by atoms with Crippen LogP contribution in [0.3, 0.4) is 0 Å². The summed E-state index contributed by atoms with van der Waals surface area (Å²) in [6, 6.07) is 3.35. The molecule has 110 valence electrons. The molecule has 0 saturated carbocycles. The number of piperazine rings is 1. The van der Waals surface area contributed by atoms with Crippen LogP contribution < -0.4 is 25.4 Å². The van der Waals surface area contributed by atoms with E-state index in [1.165, 1.54) is 0 Å². The van der Waals surface area contributed by atoms with Crippen LogP contribution in [-0.2, 0) is 4.79 Å². The van der Waals surface area contributed by atoms with Crippen molar-refractivity contribution in [3.63, 3.8) is 0 Å². The number of carbonyl (C=O) groups excluding carboxylic acids is 1. The number of carbonyl (C=O) groups is 1. The lowest BCUT2D eigenvalue weighted by molar-refractivity contribution is -0.123. The molecule has 1 saturated heterocycles. The van der Waals surface area contributed by atoms with Gasteiger partial charge in [0.1, 0.15) is 6.04 Å². The van der Waals surface area contributed by atoms with E-state index in [0.29, 0.717) is 23.7 Å². The molecule has 1 atom stereocenters. The molecule has 1 unspecified atom stereocenters. The zero-order valence-electron chi connectivity index (χ0n) is 12.1. The van der Waals surface area contributed by atoms with E-state index < -0.39 is 0 Å². The van der Waals surface area contributed by atoms with E-state index in [9.17, 15) is 4.79 Å². The van der Waals surface area contributed by atoms with E-state index in [4.69, 9.17) is 15.2 Å². The van der Waals surface area contributed by atoms with Crippen molar-refractivity contribution >= 4 is 17.3 Å². The molecule has 20 heavy (non-hydrogen) atoms. The molecule has 1 aromatic carbocycles. The lowest BCUT2D eigenvalue weighted by atomic mass is 10.1. The average molecular weight is 279 g/mol. The highest BCUT2D eigenvalue weighted by Crippen LogP contribution is 2.38. The first-order valence-electron chi connectivity index (χ1n) is 6.68. The van der Waals surface area contributed by atoms with Gasteiger partial charge in [0.05, 0.1) is 25.6 Å². The summed E-state index contributed by atoms with van der Waals surface area (Å²) in [6.07, 6.45) is 0.722. The summed E-state index contributed by atoms with van der Waals surface area (Å²) < 4.78 is 10.5. The summed E-state index contributed by atoms with van der Waals surface area (Å²) in [5.41, 5.74) is 7.49. The summed E-state index contributed by atoms with van der Waals surface area (Å²) in [7, 11) is 3.15. The Morgan fingerprint density at radius 3 is 2.60 bits per heavy atom. The summed E-state index contributed by atoms with van der Waals surface area (Å²) >= 11 is 0. The van der Waals surface area contributed by atoms with Crippen LogP contribution >= 0.6 is 0 Å². The normalized spacial score (nSPS) is 18.6. The number of nitrogen functional groups attached to an aromatic ring is 1. The molecule has 6 heteroatoms. The van der Waals surface area contributed by atoms with Gasteiger partial charge in [-0.25, -0.2) is 0 Å². The van der Waals surface area contributed by atoms with Crippen LogP contribution in [0.1, 0.15) is 13.3 Å². The van der Waals surface area contributed by atoms with Gasteiger partial charge in [0.2, 0.25) is 5.91 Å². The highest BCUT2D eigenvalue weighted by molar-refractivity contribution is 5.88. The maximum Gasteiger partial charge on any atom is 0.242 e. The van der Waals surface area contributed by atoms with Crippen LogP contribution in [0.4, 0.5) is 11.4 Å². The van der Waals surface area contributed by atoms with Crippen molar-refractivity contribution in [3.8, 4) is 11.5 Å². The van der Waals surface area contributed by atoms with Gasteiger partial charge in [0, 0.05) is 25.2 Å². The van der Waals surface area contributed by atoms with Gasteiger partial charge in [-0.2, -0.15) is 0 Å². The molecular weight excluding hydrogens is 258 g/mol. The Bertz CT molecular complexity index is 505. The van der Waals surface area contributed by atoms with Crippen molar-refractivity contribution in [2.24, 2.45) is 0 Å². The van der Waals surface area contributed by atoms with Gasteiger partial charge in [0.15, 0.2) is 11.5 Å². The number of amides is 1. The SMILES string of the molecule is CCC1C(=O)NCCN1c1cc(OC)c(OC)cc1N. The average Bonchev–Trinajstić information content (AvgIpc) is 2.46. The molecule has 0 aliphatic carbocycles. The van der Waals surface area contributed by atoms with Crippen LogP contribution in [-0.4, -0.2) is 39.3 Å². The number of ether oxygens (including phenoxy) is 2. The zero-order valence-corrected chi connectivity index (χ0v) is 12.1. The smallest absolute Gasteiger partial charge is 0.242 e. The molecule has 2 rings (SSSR count). The molecule has 1 aliphatic rings. The number of anilines is 2. The monoisotopic (exact) mass is 279 g/mol. The number of methoxy groups -OCH3 is 2. The van der Waals surface area contributed by atoms with Crippen molar-refractivity contribution in [2.45, 2.75) is 19.4 Å². The van der Waals surface area contributed by atoms with Gasteiger partial charge in [0.25, 0.3) is 0 Å². The molecule has 0 radical (unpaired) electrons. The fraction of sp³-hybridized carbons (Fsp3) is 0.500. The van der Waals surface area contributed by atoms with Crippen LogP contribution in [0.25, 0.3) is 0 Å². The Morgan fingerprint density at radius 1 is 1.35 bits per heavy atom. The van der Waals surface area contributed by atoms with E-state index >= 15 is 0 Å². The van der Waals surface area contributed by atoms with Crippen molar-refractivity contribution < 1.29 is 14.3 Å². The van der Waals surface area contributed by atoms with E-state index in [0.717, 1.165) is 18.7 Å². The summed E-state index contributed by atoms with van der Waals surface area (Å²) in [5.74, 6) is 1.23. The second-order valence-electron chi connectivity index (χ2n) is 4.67. The largest absolute Gasteiger partial charge is 0.493 e. The van der Waals surface area contributed by atoms with Crippen molar-refractivity contribution in [2.75, 3.05) is 37.9 Å². The van der Waals surface area contributed by atoms with Crippen molar-refractivity contribution in [1.29, 1.82) is 0 Å². The standard InChI is InChI=1S/C14H21N3O3/c1-4-10-14(18)16-5-6-17(10)11-8-13(20-3)12(19-2)7-9(11)15/h7-8,10H,4-6,15H2,1-3H3,(H,16,18). The summed E-state index contributed by atoms with van der Waals surface area (Å²) in [6.45, 7) is 3.33. The summed E-state index contributed by atoms with van der Waals surface area (Å²) in [5, 5.41) is 2.88. The van der Waals surface area contributed by atoms with Crippen LogP contribution in [0.2, 0.25) is 0 Å². The Morgan fingerprint density at radius 2 is 2.00 bits per heavy atom. The number of nitrogens with zero attached hydrogens (tertiary/aromatic N) is 1. The highest BCUT2D eigenvalue weighted by Gasteiger charge is 2.30. The number of rotatable bonds is 4. The first kappa shape index (κ1) is 14.3. The lowest BCUT2D eigenvalue weighted by Crippen LogP contribution is -2.55. The molecular formula is C14H21N3O3. The van der Waals surface area contributed by atoms with E-state index in [2.05, 4.69) is 5.32 Å². The minimum absolute atomic E-state index is 0.0351. The zero-order chi connectivity index (χ0) is 14.7. The molecule has 6 nitrogen and oxygen atoms in total. The number of hydrogen-bond donors (Lipinski definition) is 2. The Hall–Kier alpha value is -2.11. The predicted octanol–water partition coefficient (Wildman–Crippen LogP) is 1.00. The number of hydrogen-bond acceptors (Lipinski definition) is 5. The van der Waals surface area contributed by atoms with Crippen LogP contribution in [0.5, 0.6) is 11.5 Å². The van der Waals surface area contributed by atoms with Crippen molar-refractivity contribution in [1.82, 2.24) is 5.32 Å². The molecule has 1 aliphatic heterocycles. The lowest BCUT2D eigenvalue weighted by Gasteiger charge is -2.37. The maximum absolute atomic E-state index is 11.9. The minimum Gasteiger partial charge on any atom is -0.493 e. The Kier molecular flexibility index (Phi) is 4.22. The quantitative estimate of drug-likeness (QED) is 0.804. The second-order valence-corrected chi connectivity index (χ2v) is 4.67. The van der Waals surface area contributed by atoms with Gasteiger partial charge in [-0.1, -0.05) is 6.92 Å². The third-order valence-electron chi connectivity index (χ3n) is 3.56. The molecule has 0 bridgehead atoms. The van der Waals surface area contributed by atoms with E-state index in [-0.39, 0.29) is 11.9 Å². The molecule has 1 aromatic rings. The van der Waals surface area contributed by atoms with Gasteiger partial charge < -0.3 is 25.4 Å². The molecule has 0 spiro atoms. The number of nitrogens with one attached hydrogen (secondary N) is 1. The predicted molar refractivity (Wildman–Crippen MR) is 78.4 cm³/mol. The van der Waals surface area contributed by atoms with Gasteiger partial charge in [-0.15, -0.1) is 0 Å². The number of nitrogens with two attached hydrogens (primary N) is 1. The number of benzene rings is 1. The van der Waals surface area contributed by atoms with Gasteiger partial charge >= 0.3 is 0 Å². The third kappa shape index (κ3) is 2.45. The van der Waals surface area contributed by atoms with Crippen LogP contribution in [0.15, 0.2) is 12.1 Å². The van der Waals surface area contributed by atoms with Crippen LogP contribution in [0, 0.1) is 0 Å². The van der Waals surface area contributed by atoms with E-state index in [1.54, 1.807) is 20.3 Å². The third-order valence-corrected chi connectivity index (χ3v) is 3.56. The maximum atomic E-state index is 11.9. The van der Waals surface area contributed by atoms with Gasteiger partial charge in [-0.05, 0) is 6.42 Å².